The number of aromatic amines is 1. The number of hydrogen-bond donors (Lipinski definition) is 3. The lowest BCUT2D eigenvalue weighted by Crippen LogP contribution is -2.22. The van der Waals surface area contributed by atoms with Crippen LogP contribution in [0.2, 0.25) is 0 Å². The average molecular weight is 419 g/mol. The zero-order chi connectivity index (χ0) is 21.4. The van der Waals surface area contributed by atoms with Crippen LogP contribution in [0.1, 0.15) is 11.1 Å². The molecular weight excluding hydrogens is 397 g/mol. The van der Waals surface area contributed by atoms with Crippen molar-refractivity contribution in [3.63, 3.8) is 0 Å². The van der Waals surface area contributed by atoms with Crippen molar-refractivity contribution in [1.29, 1.82) is 0 Å². The van der Waals surface area contributed by atoms with Crippen LogP contribution in [0, 0.1) is 12.7 Å². The minimum Gasteiger partial charge on any atom is -0.479 e. The maximum atomic E-state index is 15.1. The number of fused-ring (bicyclic) bond motifs is 1. The summed E-state index contributed by atoms with van der Waals surface area (Å²) in [5.41, 5.74) is 6.21. The number of nitrogens with zero attached hydrogens (tertiary/aromatic N) is 4. The molecule has 0 atom stereocenters. The van der Waals surface area contributed by atoms with Gasteiger partial charge in [-0.15, -0.1) is 0 Å². The summed E-state index contributed by atoms with van der Waals surface area (Å²) in [5, 5.41) is 18.9. The maximum absolute atomic E-state index is 15.1. The van der Waals surface area contributed by atoms with Crippen molar-refractivity contribution in [2.75, 3.05) is 13.3 Å². The fraction of sp³-hybridized carbons (Fsp3) is 0.227. The van der Waals surface area contributed by atoms with E-state index >= 15 is 4.39 Å². The topological polar surface area (TPSA) is 92.7 Å². The van der Waals surface area contributed by atoms with Gasteiger partial charge in [-0.2, -0.15) is 10.2 Å². The lowest BCUT2D eigenvalue weighted by atomic mass is 10.00. The summed E-state index contributed by atoms with van der Waals surface area (Å²) < 4.78 is 22.0. The van der Waals surface area contributed by atoms with Gasteiger partial charge in [0, 0.05) is 42.8 Å². The van der Waals surface area contributed by atoms with E-state index in [0.717, 1.165) is 39.0 Å². The minimum atomic E-state index is -0.295. The summed E-state index contributed by atoms with van der Waals surface area (Å²) in [6.07, 6.45) is 7.04. The first-order valence-corrected chi connectivity index (χ1v) is 9.96. The standard InChI is InChI=1S/C22H22FN7O/c1-13-3-14(6-24-8-16-11-31-12-26-16)4-18(23)21(13)19-5-17-20(9-25-19)28-29-22(17)15-7-27-30(2)10-15/h3-5,7,9-11,24,26H,6,8,12H2,1-2H3,(H,28,29). The Morgan fingerprint density at radius 1 is 1.23 bits per heavy atom. The van der Waals surface area contributed by atoms with Crippen molar-refractivity contribution in [2.24, 2.45) is 7.05 Å². The van der Waals surface area contributed by atoms with E-state index in [-0.39, 0.29) is 5.82 Å². The van der Waals surface area contributed by atoms with Gasteiger partial charge in [0.2, 0.25) is 0 Å². The lowest BCUT2D eigenvalue weighted by molar-refractivity contribution is 0.267. The number of hydrogen-bond acceptors (Lipinski definition) is 6. The highest BCUT2D eigenvalue weighted by molar-refractivity contribution is 5.94. The highest BCUT2D eigenvalue weighted by Crippen LogP contribution is 2.32. The second kappa shape index (κ2) is 7.84. The van der Waals surface area contributed by atoms with Crippen molar-refractivity contribution in [3.8, 4) is 22.5 Å². The van der Waals surface area contributed by atoms with E-state index in [0.29, 0.717) is 31.1 Å². The normalized spacial score (nSPS) is 13.3. The van der Waals surface area contributed by atoms with Gasteiger partial charge in [-0.3, -0.25) is 14.8 Å². The van der Waals surface area contributed by atoms with Crippen molar-refractivity contribution in [3.05, 3.63) is 65.7 Å². The first-order valence-electron chi connectivity index (χ1n) is 9.96. The Balaban J connectivity index is 1.43. The van der Waals surface area contributed by atoms with Crippen LogP contribution in [0.15, 0.2) is 48.7 Å². The second-order valence-electron chi connectivity index (χ2n) is 7.59. The zero-order valence-corrected chi connectivity index (χ0v) is 17.2. The van der Waals surface area contributed by atoms with Crippen molar-refractivity contribution < 1.29 is 9.13 Å². The summed E-state index contributed by atoms with van der Waals surface area (Å²) in [7, 11) is 1.86. The Bertz CT molecular complexity index is 1270. The molecule has 0 amide bonds. The summed E-state index contributed by atoms with van der Waals surface area (Å²) in [6.45, 7) is 3.59. The largest absolute Gasteiger partial charge is 0.479 e. The molecule has 5 rings (SSSR count). The SMILES string of the molecule is Cc1cc(CNCC2=COCN2)cc(F)c1-c1cc2c(-c3cnn(C)c3)n[nH]c2cn1. The number of ether oxygens (including phenoxy) is 1. The predicted octanol–water partition coefficient (Wildman–Crippen LogP) is 2.98. The number of H-pyrrole nitrogens is 1. The first kappa shape index (κ1) is 19.3. The van der Waals surface area contributed by atoms with Crippen LogP contribution in [0.4, 0.5) is 4.39 Å². The van der Waals surface area contributed by atoms with Crippen molar-refractivity contribution >= 4 is 10.9 Å². The molecule has 0 saturated heterocycles. The molecule has 1 aliphatic rings. The summed E-state index contributed by atoms with van der Waals surface area (Å²) in [5.74, 6) is -0.295. The Morgan fingerprint density at radius 2 is 2.13 bits per heavy atom. The first-order chi connectivity index (χ1) is 15.1. The van der Waals surface area contributed by atoms with Crippen LogP contribution in [0.25, 0.3) is 33.4 Å². The summed E-state index contributed by atoms with van der Waals surface area (Å²) in [6, 6.07) is 5.43. The van der Waals surface area contributed by atoms with Gasteiger partial charge in [0.15, 0.2) is 6.73 Å². The highest BCUT2D eigenvalue weighted by atomic mass is 19.1. The molecular formula is C22H22FN7O. The van der Waals surface area contributed by atoms with Gasteiger partial charge in [0.1, 0.15) is 17.8 Å². The molecule has 0 bridgehead atoms. The molecule has 0 spiro atoms. The molecule has 3 N–H and O–H groups in total. The van der Waals surface area contributed by atoms with Gasteiger partial charge < -0.3 is 15.4 Å². The van der Waals surface area contributed by atoms with Gasteiger partial charge >= 0.3 is 0 Å². The highest BCUT2D eigenvalue weighted by Gasteiger charge is 2.16. The van der Waals surface area contributed by atoms with E-state index in [4.69, 9.17) is 4.74 Å². The van der Waals surface area contributed by atoms with Gasteiger partial charge in [-0.1, -0.05) is 6.07 Å². The van der Waals surface area contributed by atoms with Crippen molar-refractivity contribution in [2.45, 2.75) is 13.5 Å². The molecule has 9 heteroatoms. The molecule has 0 saturated carbocycles. The number of pyridine rings is 1. The fourth-order valence-electron chi connectivity index (χ4n) is 3.82. The summed E-state index contributed by atoms with van der Waals surface area (Å²) >= 11 is 0. The third-order valence-corrected chi connectivity index (χ3v) is 5.28. The summed E-state index contributed by atoms with van der Waals surface area (Å²) in [4.78, 5) is 4.48. The molecule has 0 unspecified atom stereocenters. The predicted molar refractivity (Wildman–Crippen MR) is 115 cm³/mol. The van der Waals surface area contributed by atoms with Crippen molar-refractivity contribution in [1.82, 2.24) is 35.6 Å². The van der Waals surface area contributed by atoms with E-state index in [2.05, 4.69) is 30.9 Å². The molecule has 0 fully saturated rings. The number of rotatable bonds is 6. The maximum Gasteiger partial charge on any atom is 0.158 e. The van der Waals surface area contributed by atoms with Crippen LogP contribution < -0.4 is 10.6 Å². The molecule has 0 aliphatic carbocycles. The number of halogens is 1. The Kier molecular flexibility index (Phi) is 4.87. The fourth-order valence-corrected chi connectivity index (χ4v) is 3.82. The molecule has 0 radical (unpaired) electrons. The van der Waals surface area contributed by atoms with Crippen LogP contribution in [0.5, 0.6) is 0 Å². The van der Waals surface area contributed by atoms with E-state index < -0.39 is 0 Å². The molecule has 1 aromatic carbocycles. The van der Waals surface area contributed by atoms with E-state index in [9.17, 15) is 0 Å². The van der Waals surface area contributed by atoms with Crippen LogP contribution in [0.3, 0.4) is 0 Å². The lowest BCUT2D eigenvalue weighted by Gasteiger charge is -2.11. The van der Waals surface area contributed by atoms with E-state index in [1.807, 2.05) is 32.3 Å². The molecule has 3 aromatic heterocycles. The number of aromatic nitrogens is 5. The van der Waals surface area contributed by atoms with Crippen LogP contribution >= 0.6 is 0 Å². The van der Waals surface area contributed by atoms with Crippen LogP contribution in [-0.2, 0) is 18.3 Å². The third-order valence-electron chi connectivity index (χ3n) is 5.28. The number of benzene rings is 1. The molecule has 31 heavy (non-hydrogen) atoms. The van der Waals surface area contributed by atoms with Gasteiger partial charge in [0.05, 0.1) is 29.3 Å². The molecule has 8 nitrogen and oxygen atoms in total. The van der Waals surface area contributed by atoms with E-state index in [1.54, 1.807) is 29.4 Å². The molecule has 4 aromatic rings. The molecule has 4 heterocycles. The second-order valence-corrected chi connectivity index (χ2v) is 7.59. The average Bonchev–Trinajstić information content (AvgIpc) is 3.48. The number of nitrogens with one attached hydrogen (secondary N) is 3. The Hall–Kier alpha value is -3.72. The quantitative estimate of drug-likeness (QED) is 0.445. The number of aryl methyl sites for hydroxylation is 2. The van der Waals surface area contributed by atoms with Gasteiger partial charge in [-0.25, -0.2) is 4.39 Å². The van der Waals surface area contributed by atoms with Crippen LogP contribution in [-0.4, -0.2) is 38.2 Å². The monoisotopic (exact) mass is 419 g/mol. The zero-order valence-electron chi connectivity index (χ0n) is 17.2. The molecule has 158 valence electrons. The minimum absolute atomic E-state index is 0.295. The van der Waals surface area contributed by atoms with Gasteiger partial charge in [-0.05, 0) is 30.2 Å². The third kappa shape index (κ3) is 3.75. The van der Waals surface area contributed by atoms with Gasteiger partial charge in [0.25, 0.3) is 0 Å². The Morgan fingerprint density at radius 3 is 2.87 bits per heavy atom. The smallest absolute Gasteiger partial charge is 0.158 e. The van der Waals surface area contributed by atoms with E-state index in [1.165, 1.54) is 0 Å². The molecule has 1 aliphatic heterocycles. The Labute approximate surface area is 178 Å².